The Morgan fingerprint density at radius 1 is 1.40 bits per heavy atom. The number of aromatic carboxylic acids is 1. The highest BCUT2D eigenvalue weighted by Gasteiger charge is 2.16. The van der Waals surface area contributed by atoms with Gasteiger partial charge in [0.05, 0.1) is 19.8 Å². The molecule has 0 fully saturated rings. The van der Waals surface area contributed by atoms with E-state index in [2.05, 4.69) is 9.72 Å². The predicted octanol–water partition coefficient (Wildman–Crippen LogP) is 0.575. The van der Waals surface area contributed by atoms with Crippen molar-refractivity contribution >= 4 is 11.9 Å². The highest BCUT2D eigenvalue weighted by Crippen LogP contribution is 2.17. The Hall–Kier alpha value is -2.11. The standard InChI is InChI=1S/C9H9NO5/c1-14-6-3-5(9(13)15-2)4-10-7(6)8(11)12/h3-4H,1-2H3,(H,11,12). The molecule has 1 aromatic heterocycles. The number of carbonyl (C=O) groups excluding carboxylic acids is 1. The number of pyridine rings is 1. The fraction of sp³-hybridized carbons (Fsp3) is 0.222. The highest BCUT2D eigenvalue weighted by molar-refractivity contribution is 5.93. The third-order valence-corrected chi connectivity index (χ3v) is 1.70. The molecule has 0 aliphatic rings. The van der Waals surface area contributed by atoms with Crippen molar-refractivity contribution in [3.8, 4) is 5.75 Å². The third-order valence-electron chi connectivity index (χ3n) is 1.70. The number of esters is 1. The zero-order valence-corrected chi connectivity index (χ0v) is 8.18. The van der Waals surface area contributed by atoms with Crippen molar-refractivity contribution in [1.82, 2.24) is 4.98 Å². The molecule has 0 amide bonds. The van der Waals surface area contributed by atoms with Gasteiger partial charge >= 0.3 is 11.9 Å². The molecule has 0 unspecified atom stereocenters. The number of aromatic nitrogens is 1. The second-order valence-electron chi connectivity index (χ2n) is 2.57. The predicted molar refractivity (Wildman–Crippen MR) is 49.1 cm³/mol. The van der Waals surface area contributed by atoms with E-state index in [1.807, 2.05) is 0 Å². The number of rotatable bonds is 3. The molecule has 1 rings (SSSR count). The number of hydrogen-bond acceptors (Lipinski definition) is 5. The summed E-state index contributed by atoms with van der Waals surface area (Å²) in [5.74, 6) is -1.80. The summed E-state index contributed by atoms with van der Waals surface area (Å²) in [7, 11) is 2.52. The number of methoxy groups -OCH3 is 2. The SMILES string of the molecule is COC(=O)c1cnc(C(=O)O)c(OC)c1. The third kappa shape index (κ3) is 2.22. The van der Waals surface area contributed by atoms with Gasteiger partial charge in [0.25, 0.3) is 0 Å². The topological polar surface area (TPSA) is 85.7 Å². The van der Waals surface area contributed by atoms with Crippen LogP contribution in [0, 0.1) is 0 Å². The van der Waals surface area contributed by atoms with Gasteiger partial charge in [-0.15, -0.1) is 0 Å². The summed E-state index contributed by atoms with van der Waals surface area (Å²) < 4.78 is 9.25. The molecule has 0 saturated heterocycles. The van der Waals surface area contributed by atoms with Crippen LogP contribution in [0.4, 0.5) is 0 Å². The van der Waals surface area contributed by atoms with Gasteiger partial charge in [0, 0.05) is 6.20 Å². The van der Waals surface area contributed by atoms with Gasteiger partial charge in [-0.2, -0.15) is 0 Å². The van der Waals surface area contributed by atoms with Crippen molar-refractivity contribution < 1.29 is 24.2 Å². The second-order valence-corrected chi connectivity index (χ2v) is 2.57. The minimum atomic E-state index is -1.22. The lowest BCUT2D eigenvalue weighted by molar-refractivity contribution is 0.0596. The number of hydrogen-bond donors (Lipinski definition) is 1. The summed E-state index contributed by atoms with van der Waals surface area (Å²) in [6.45, 7) is 0. The van der Waals surface area contributed by atoms with Gasteiger partial charge in [0.1, 0.15) is 0 Å². The molecule has 0 radical (unpaired) electrons. The summed E-state index contributed by atoms with van der Waals surface area (Å²) in [6.07, 6.45) is 1.12. The lowest BCUT2D eigenvalue weighted by Crippen LogP contribution is -2.08. The van der Waals surface area contributed by atoms with Crippen LogP contribution < -0.4 is 4.74 Å². The molecule has 0 bridgehead atoms. The van der Waals surface area contributed by atoms with Crippen LogP contribution in [0.25, 0.3) is 0 Å². The van der Waals surface area contributed by atoms with Crippen molar-refractivity contribution in [2.24, 2.45) is 0 Å². The Kier molecular flexibility index (Phi) is 3.22. The van der Waals surface area contributed by atoms with Crippen LogP contribution in [0.2, 0.25) is 0 Å². The maximum Gasteiger partial charge on any atom is 0.358 e. The summed E-state index contributed by atoms with van der Waals surface area (Å²) in [4.78, 5) is 25.4. The Labute approximate surface area is 85.5 Å². The van der Waals surface area contributed by atoms with Gasteiger partial charge in [0.2, 0.25) is 0 Å². The molecule has 0 atom stereocenters. The van der Waals surface area contributed by atoms with Crippen molar-refractivity contribution in [1.29, 1.82) is 0 Å². The van der Waals surface area contributed by atoms with Gasteiger partial charge in [-0.05, 0) is 6.07 Å². The molecule has 1 aromatic rings. The molecule has 0 aliphatic carbocycles. The number of carboxylic acid groups (broad SMARTS) is 1. The number of nitrogens with zero attached hydrogens (tertiary/aromatic N) is 1. The minimum Gasteiger partial charge on any atom is -0.494 e. The highest BCUT2D eigenvalue weighted by atomic mass is 16.5. The molecule has 15 heavy (non-hydrogen) atoms. The lowest BCUT2D eigenvalue weighted by Gasteiger charge is -2.05. The molecule has 6 nitrogen and oxygen atoms in total. The molecular weight excluding hydrogens is 202 g/mol. The normalized spacial score (nSPS) is 9.47. The Balaban J connectivity index is 3.19. The van der Waals surface area contributed by atoms with E-state index in [-0.39, 0.29) is 17.0 Å². The second kappa shape index (κ2) is 4.41. The molecule has 6 heteroatoms. The van der Waals surface area contributed by atoms with Crippen LogP contribution in [-0.2, 0) is 4.74 Å². The maximum absolute atomic E-state index is 11.1. The van der Waals surface area contributed by atoms with Crippen LogP contribution in [-0.4, -0.2) is 36.2 Å². The van der Waals surface area contributed by atoms with Gasteiger partial charge < -0.3 is 14.6 Å². The fourth-order valence-corrected chi connectivity index (χ4v) is 0.990. The molecule has 0 spiro atoms. The molecule has 0 aliphatic heterocycles. The first-order valence-corrected chi connectivity index (χ1v) is 3.95. The number of ether oxygens (including phenoxy) is 2. The van der Waals surface area contributed by atoms with Crippen LogP contribution in [0.1, 0.15) is 20.8 Å². The molecule has 0 saturated carbocycles. The van der Waals surface area contributed by atoms with E-state index in [4.69, 9.17) is 9.84 Å². The van der Waals surface area contributed by atoms with Crippen LogP contribution in [0.5, 0.6) is 5.75 Å². The van der Waals surface area contributed by atoms with E-state index in [1.54, 1.807) is 0 Å². The van der Waals surface area contributed by atoms with E-state index in [1.165, 1.54) is 20.3 Å². The van der Waals surface area contributed by atoms with Crippen LogP contribution in [0.15, 0.2) is 12.3 Å². The lowest BCUT2D eigenvalue weighted by atomic mass is 10.2. The van der Waals surface area contributed by atoms with Crippen molar-refractivity contribution in [2.45, 2.75) is 0 Å². The molecule has 1 heterocycles. The van der Waals surface area contributed by atoms with Gasteiger partial charge in [-0.1, -0.05) is 0 Å². The van der Waals surface area contributed by atoms with Crippen molar-refractivity contribution in [3.63, 3.8) is 0 Å². The maximum atomic E-state index is 11.1. The smallest absolute Gasteiger partial charge is 0.358 e. The Bertz CT molecular complexity index is 401. The first-order valence-electron chi connectivity index (χ1n) is 3.95. The van der Waals surface area contributed by atoms with E-state index in [0.717, 1.165) is 6.20 Å². The van der Waals surface area contributed by atoms with Crippen molar-refractivity contribution in [2.75, 3.05) is 14.2 Å². The number of carboxylic acids is 1. The monoisotopic (exact) mass is 211 g/mol. The van der Waals surface area contributed by atoms with Crippen LogP contribution in [0.3, 0.4) is 0 Å². The average molecular weight is 211 g/mol. The zero-order valence-electron chi connectivity index (χ0n) is 8.18. The molecular formula is C9H9NO5. The Morgan fingerprint density at radius 2 is 2.07 bits per heavy atom. The first kappa shape index (κ1) is 11.0. The largest absolute Gasteiger partial charge is 0.494 e. The average Bonchev–Trinajstić information content (AvgIpc) is 2.26. The Morgan fingerprint density at radius 3 is 2.53 bits per heavy atom. The molecule has 1 N–H and O–H groups in total. The quantitative estimate of drug-likeness (QED) is 0.736. The number of carbonyl (C=O) groups is 2. The summed E-state index contributed by atoms with van der Waals surface area (Å²) >= 11 is 0. The zero-order chi connectivity index (χ0) is 11.4. The van der Waals surface area contributed by atoms with Crippen LogP contribution >= 0.6 is 0 Å². The minimum absolute atomic E-state index is 0.0189. The van der Waals surface area contributed by atoms with Gasteiger partial charge in [0.15, 0.2) is 11.4 Å². The van der Waals surface area contributed by atoms with E-state index < -0.39 is 11.9 Å². The fourth-order valence-electron chi connectivity index (χ4n) is 0.990. The van der Waals surface area contributed by atoms with E-state index in [0.29, 0.717) is 0 Å². The molecule has 0 aromatic carbocycles. The molecule has 80 valence electrons. The summed E-state index contributed by atoms with van der Waals surface area (Å²) in [5.41, 5.74) is -0.107. The summed E-state index contributed by atoms with van der Waals surface area (Å²) in [5, 5.41) is 8.72. The summed E-state index contributed by atoms with van der Waals surface area (Å²) in [6, 6.07) is 1.27. The van der Waals surface area contributed by atoms with Gasteiger partial charge in [-0.3, -0.25) is 0 Å². The first-order chi connectivity index (χ1) is 7.10. The van der Waals surface area contributed by atoms with E-state index in [9.17, 15) is 9.59 Å². The van der Waals surface area contributed by atoms with Crippen molar-refractivity contribution in [3.05, 3.63) is 23.5 Å². The van der Waals surface area contributed by atoms with E-state index >= 15 is 0 Å². The van der Waals surface area contributed by atoms with Gasteiger partial charge in [-0.25, -0.2) is 14.6 Å².